The van der Waals surface area contributed by atoms with Gasteiger partial charge in [0.2, 0.25) is 5.91 Å². The number of nitrogens with zero attached hydrogens (tertiary/aromatic N) is 1. The van der Waals surface area contributed by atoms with E-state index < -0.39 is 0 Å². The number of ketones is 1. The quantitative estimate of drug-likeness (QED) is 0.392. The van der Waals surface area contributed by atoms with Crippen molar-refractivity contribution >= 4 is 29.1 Å². The number of carbonyl (C=O) groups is 2. The first kappa shape index (κ1) is 19.4. The second kappa shape index (κ2) is 8.99. The van der Waals surface area contributed by atoms with Gasteiger partial charge in [-0.1, -0.05) is 25.1 Å². The van der Waals surface area contributed by atoms with Gasteiger partial charge in [-0.2, -0.15) is 0 Å². The van der Waals surface area contributed by atoms with E-state index in [1.807, 2.05) is 0 Å². The van der Waals surface area contributed by atoms with Gasteiger partial charge in [0.15, 0.2) is 10.9 Å². The summed E-state index contributed by atoms with van der Waals surface area (Å²) in [6.07, 6.45) is 4.68. The third-order valence-corrected chi connectivity index (χ3v) is 5.20. The molecule has 142 valence electrons. The van der Waals surface area contributed by atoms with Crippen molar-refractivity contribution in [1.29, 1.82) is 0 Å². The highest BCUT2D eigenvalue weighted by Crippen LogP contribution is 2.30. The molecule has 0 radical (unpaired) electrons. The number of aryl methyl sites for hydroxylation is 1. The van der Waals surface area contributed by atoms with Gasteiger partial charge in [-0.3, -0.25) is 14.4 Å². The van der Waals surface area contributed by atoms with Gasteiger partial charge in [0, 0.05) is 28.9 Å². The van der Waals surface area contributed by atoms with Crippen molar-refractivity contribution < 1.29 is 9.59 Å². The van der Waals surface area contributed by atoms with Gasteiger partial charge in [0.25, 0.3) is 5.56 Å². The first-order valence-corrected chi connectivity index (χ1v) is 10.2. The molecule has 7 heteroatoms. The van der Waals surface area contributed by atoms with Crippen LogP contribution in [-0.4, -0.2) is 27.4 Å². The number of hydrogen-bond acceptors (Lipinski definition) is 5. The summed E-state index contributed by atoms with van der Waals surface area (Å²) in [5.41, 5.74) is 1.83. The maximum atomic E-state index is 12.4. The molecule has 0 atom stereocenters. The molecule has 1 aromatic heterocycles. The molecule has 0 saturated heterocycles. The zero-order valence-corrected chi connectivity index (χ0v) is 16.1. The fourth-order valence-corrected chi connectivity index (χ4v) is 3.37. The molecule has 0 spiro atoms. The molecular formula is C20H23N3O3S. The van der Waals surface area contributed by atoms with Crippen molar-refractivity contribution in [3.8, 4) is 0 Å². The summed E-state index contributed by atoms with van der Waals surface area (Å²) in [6.45, 7) is 2.09. The molecule has 6 nitrogen and oxygen atoms in total. The number of thioether (sulfide) groups is 1. The largest absolute Gasteiger partial charge is 0.326 e. The third kappa shape index (κ3) is 5.79. The van der Waals surface area contributed by atoms with Gasteiger partial charge in [0.1, 0.15) is 0 Å². The second-order valence-electron chi connectivity index (χ2n) is 6.70. The van der Waals surface area contributed by atoms with E-state index >= 15 is 0 Å². The maximum Gasteiger partial charge on any atom is 0.251 e. The lowest BCUT2D eigenvalue weighted by molar-refractivity contribution is -0.117. The van der Waals surface area contributed by atoms with Gasteiger partial charge in [-0.25, -0.2) is 4.98 Å². The van der Waals surface area contributed by atoms with Crippen LogP contribution in [0.1, 0.15) is 48.7 Å². The fraction of sp³-hybridized carbons (Fsp3) is 0.400. The van der Waals surface area contributed by atoms with E-state index in [4.69, 9.17) is 0 Å². The zero-order valence-electron chi connectivity index (χ0n) is 15.3. The average Bonchev–Trinajstić information content (AvgIpc) is 3.50. The Kier molecular flexibility index (Phi) is 6.45. The molecule has 1 saturated carbocycles. The summed E-state index contributed by atoms with van der Waals surface area (Å²) < 4.78 is 0. The standard InChI is InChI=1S/C20H23N3O3S/c1-2-3-4-16-11-18(25)23-20(22-16)27-12-17(24)13-7-9-15(10-8-13)21-19(26)14-5-6-14/h7-11,14H,2-6,12H2,1H3,(H,21,26)(H,22,23,25). The van der Waals surface area contributed by atoms with E-state index in [0.29, 0.717) is 16.4 Å². The molecule has 0 bridgehead atoms. The summed E-state index contributed by atoms with van der Waals surface area (Å²) in [6, 6.07) is 8.40. The Labute approximate surface area is 162 Å². The number of unbranched alkanes of at least 4 members (excludes halogenated alkanes) is 1. The predicted octanol–water partition coefficient (Wildman–Crippen LogP) is 3.44. The van der Waals surface area contributed by atoms with Gasteiger partial charge < -0.3 is 10.3 Å². The van der Waals surface area contributed by atoms with Crippen LogP contribution in [0.4, 0.5) is 5.69 Å². The Morgan fingerprint density at radius 3 is 2.67 bits per heavy atom. The van der Waals surface area contributed by atoms with Crippen molar-refractivity contribution in [2.24, 2.45) is 5.92 Å². The second-order valence-corrected chi connectivity index (χ2v) is 7.66. The summed E-state index contributed by atoms with van der Waals surface area (Å²) in [7, 11) is 0. The average molecular weight is 385 g/mol. The number of aromatic amines is 1. The van der Waals surface area contributed by atoms with Gasteiger partial charge in [-0.15, -0.1) is 0 Å². The minimum absolute atomic E-state index is 0.0441. The zero-order chi connectivity index (χ0) is 19.2. The van der Waals surface area contributed by atoms with Crippen LogP contribution in [0.15, 0.2) is 40.3 Å². The molecule has 1 aliphatic rings. The topological polar surface area (TPSA) is 91.9 Å². The molecule has 3 rings (SSSR count). The van der Waals surface area contributed by atoms with Gasteiger partial charge in [-0.05, 0) is 49.9 Å². The highest BCUT2D eigenvalue weighted by Gasteiger charge is 2.29. The lowest BCUT2D eigenvalue weighted by Gasteiger charge is -2.06. The number of carbonyl (C=O) groups excluding carboxylic acids is 2. The van der Waals surface area contributed by atoms with E-state index in [2.05, 4.69) is 22.2 Å². The Bertz CT molecular complexity index is 873. The van der Waals surface area contributed by atoms with Crippen molar-refractivity contribution in [2.75, 3.05) is 11.1 Å². The van der Waals surface area contributed by atoms with Crippen LogP contribution in [0.2, 0.25) is 0 Å². The van der Waals surface area contributed by atoms with Crippen LogP contribution in [0.25, 0.3) is 0 Å². The Hall–Kier alpha value is -2.41. The fourth-order valence-electron chi connectivity index (χ4n) is 2.58. The first-order valence-electron chi connectivity index (χ1n) is 9.22. The number of hydrogen-bond donors (Lipinski definition) is 2. The van der Waals surface area contributed by atoms with Gasteiger partial charge >= 0.3 is 0 Å². The molecule has 1 heterocycles. The molecular weight excluding hydrogens is 362 g/mol. The van der Waals surface area contributed by atoms with Crippen LogP contribution in [0.3, 0.4) is 0 Å². The number of H-pyrrole nitrogens is 1. The number of amides is 1. The number of nitrogens with one attached hydrogen (secondary N) is 2. The maximum absolute atomic E-state index is 12.4. The van der Waals surface area contributed by atoms with Crippen molar-refractivity contribution in [1.82, 2.24) is 9.97 Å². The number of aromatic nitrogens is 2. The van der Waals surface area contributed by atoms with Crippen LogP contribution >= 0.6 is 11.8 Å². The lowest BCUT2D eigenvalue weighted by Crippen LogP contribution is -2.13. The Balaban J connectivity index is 1.56. The number of benzene rings is 1. The van der Waals surface area contributed by atoms with E-state index in [9.17, 15) is 14.4 Å². The van der Waals surface area contributed by atoms with E-state index in [0.717, 1.165) is 37.8 Å². The Morgan fingerprint density at radius 2 is 2.00 bits per heavy atom. The smallest absolute Gasteiger partial charge is 0.251 e. The van der Waals surface area contributed by atoms with Crippen molar-refractivity contribution in [3.05, 3.63) is 51.9 Å². The summed E-state index contributed by atoms with van der Waals surface area (Å²) in [5.74, 6) is 0.322. The normalized spacial score (nSPS) is 13.4. The van der Waals surface area contributed by atoms with Crippen molar-refractivity contribution in [2.45, 2.75) is 44.2 Å². The highest BCUT2D eigenvalue weighted by atomic mass is 32.2. The summed E-state index contributed by atoms with van der Waals surface area (Å²) in [5, 5.41) is 3.32. The first-order chi connectivity index (χ1) is 13.0. The minimum atomic E-state index is -0.193. The monoisotopic (exact) mass is 385 g/mol. The van der Waals surface area contributed by atoms with Crippen LogP contribution in [0.5, 0.6) is 0 Å². The number of Topliss-reactive ketones (excluding diaryl/α,β-unsaturated/α-hetero) is 1. The van der Waals surface area contributed by atoms with Crippen molar-refractivity contribution in [3.63, 3.8) is 0 Å². The third-order valence-electron chi connectivity index (χ3n) is 4.32. The van der Waals surface area contributed by atoms with Crippen LogP contribution in [0, 0.1) is 5.92 Å². The lowest BCUT2D eigenvalue weighted by atomic mass is 10.1. The predicted molar refractivity (Wildman–Crippen MR) is 106 cm³/mol. The molecule has 2 aromatic rings. The molecule has 1 aromatic carbocycles. The van der Waals surface area contributed by atoms with E-state index in [-0.39, 0.29) is 28.9 Å². The summed E-state index contributed by atoms with van der Waals surface area (Å²) in [4.78, 5) is 43.0. The summed E-state index contributed by atoms with van der Waals surface area (Å²) >= 11 is 1.23. The SMILES string of the molecule is CCCCc1cc(=O)[nH]c(SCC(=O)c2ccc(NC(=O)C3CC3)cc2)n1. The minimum Gasteiger partial charge on any atom is -0.326 e. The molecule has 0 aliphatic heterocycles. The van der Waals surface area contributed by atoms with Crippen LogP contribution < -0.4 is 10.9 Å². The number of anilines is 1. The number of rotatable bonds is 9. The van der Waals surface area contributed by atoms with E-state index in [1.54, 1.807) is 24.3 Å². The highest BCUT2D eigenvalue weighted by molar-refractivity contribution is 7.99. The molecule has 2 N–H and O–H groups in total. The van der Waals surface area contributed by atoms with Crippen LogP contribution in [-0.2, 0) is 11.2 Å². The molecule has 1 amide bonds. The Morgan fingerprint density at radius 1 is 1.26 bits per heavy atom. The van der Waals surface area contributed by atoms with Gasteiger partial charge in [0.05, 0.1) is 5.75 Å². The molecule has 0 unspecified atom stereocenters. The van der Waals surface area contributed by atoms with E-state index in [1.165, 1.54) is 17.8 Å². The molecule has 27 heavy (non-hydrogen) atoms. The molecule has 1 fully saturated rings. The molecule has 1 aliphatic carbocycles.